The lowest BCUT2D eigenvalue weighted by atomic mass is 10.3. The number of likely N-dealkylation sites (N-methyl/N-ethyl adjacent to an activating group) is 1. The SMILES string of the molecule is COCC(C)NC(=S)N1CCCN(C)CC1. The zero-order valence-electron chi connectivity index (χ0n) is 10.5. The molecule has 1 rings (SSSR count). The molecular formula is C11H23N3OS. The van der Waals surface area contributed by atoms with Crippen molar-refractivity contribution in [2.45, 2.75) is 19.4 Å². The molecule has 0 spiro atoms. The van der Waals surface area contributed by atoms with Crippen LogP contribution in [-0.4, -0.2) is 67.9 Å². The van der Waals surface area contributed by atoms with Crippen LogP contribution in [0.4, 0.5) is 0 Å². The second kappa shape index (κ2) is 7.04. The normalized spacial score (nSPS) is 20.3. The molecule has 1 heterocycles. The number of methoxy groups -OCH3 is 1. The maximum Gasteiger partial charge on any atom is 0.169 e. The minimum atomic E-state index is 0.276. The van der Waals surface area contributed by atoms with Crippen LogP contribution in [-0.2, 0) is 4.74 Å². The molecule has 0 aromatic carbocycles. The van der Waals surface area contributed by atoms with E-state index >= 15 is 0 Å². The second-order valence-electron chi connectivity index (χ2n) is 4.45. The van der Waals surface area contributed by atoms with E-state index in [1.54, 1.807) is 7.11 Å². The highest BCUT2D eigenvalue weighted by Crippen LogP contribution is 2.02. The molecule has 0 bridgehead atoms. The van der Waals surface area contributed by atoms with Crippen LogP contribution < -0.4 is 5.32 Å². The largest absolute Gasteiger partial charge is 0.383 e. The summed E-state index contributed by atoms with van der Waals surface area (Å²) in [5.74, 6) is 0. The Kier molecular flexibility index (Phi) is 6.01. The summed E-state index contributed by atoms with van der Waals surface area (Å²) in [6.45, 7) is 7.08. The summed E-state index contributed by atoms with van der Waals surface area (Å²) >= 11 is 5.40. The molecule has 94 valence electrons. The van der Waals surface area contributed by atoms with Gasteiger partial charge >= 0.3 is 0 Å². The van der Waals surface area contributed by atoms with Gasteiger partial charge in [0.2, 0.25) is 0 Å². The fourth-order valence-corrected chi connectivity index (χ4v) is 2.23. The Morgan fingerprint density at radius 1 is 1.38 bits per heavy atom. The summed E-state index contributed by atoms with van der Waals surface area (Å²) in [7, 11) is 3.87. The average molecular weight is 245 g/mol. The van der Waals surface area contributed by atoms with Gasteiger partial charge in [0.05, 0.1) is 6.61 Å². The number of ether oxygens (including phenoxy) is 1. The molecule has 4 nitrogen and oxygen atoms in total. The third-order valence-electron chi connectivity index (χ3n) is 2.79. The van der Waals surface area contributed by atoms with E-state index in [0.29, 0.717) is 6.61 Å². The Labute approximate surface area is 104 Å². The molecule has 1 N–H and O–H groups in total. The molecule has 0 saturated carbocycles. The molecule has 5 heteroatoms. The molecule has 1 aliphatic heterocycles. The van der Waals surface area contributed by atoms with Crippen LogP contribution in [0.3, 0.4) is 0 Å². The van der Waals surface area contributed by atoms with Gasteiger partial charge in [0, 0.05) is 32.8 Å². The predicted octanol–water partition coefficient (Wildman–Crippen LogP) is 0.533. The van der Waals surface area contributed by atoms with E-state index in [1.807, 2.05) is 0 Å². The topological polar surface area (TPSA) is 27.7 Å². The molecule has 1 aliphatic rings. The maximum absolute atomic E-state index is 5.40. The molecule has 16 heavy (non-hydrogen) atoms. The quantitative estimate of drug-likeness (QED) is 0.732. The van der Waals surface area contributed by atoms with Crippen molar-refractivity contribution >= 4 is 17.3 Å². The Hall–Kier alpha value is -0.390. The van der Waals surface area contributed by atoms with E-state index in [-0.39, 0.29) is 6.04 Å². The predicted molar refractivity (Wildman–Crippen MR) is 70.8 cm³/mol. The van der Waals surface area contributed by atoms with Crippen molar-refractivity contribution in [3.8, 4) is 0 Å². The third-order valence-corrected chi connectivity index (χ3v) is 3.17. The van der Waals surface area contributed by atoms with Crippen LogP contribution in [0.15, 0.2) is 0 Å². The first-order valence-electron chi connectivity index (χ1n) is 5.86. The number of hydrogen-bond acceptors (Lipinski definition) is 3. The lowest BCUT2D eigenvalue weighted by molar-refractivity contribution is 0.178. The fraction of sp³-hybridized carbons (Fsp3) is 0.909. The van der Waals surface area contributed by atoms with Crippen molar-refractivity contribution in [2.24, 2.45) is 0 Å². The van der Waals surface area contributed by atoms with Crippen LogP contribution in [0.5, 0.6) is 0 Å². The number of nitrogens with zero attached hydrogens (tertiary/aromatic N) is 2. The van der Waals surface area contributed by atoms with Gasteiger partial charge < -0.3 is 19.9 Å². The van der Waals surface area contributed by atoms with E-state index in [1.165, 1.54) is 6.42 Å². The summed E-state index contributed by atoms with van der Waals surface area (Å²) in [6, 6.07) is 0.276. The number of thiocarbonyl (C=S) groups is 1. The Bertz CT molecular complexity index is 225. The monoisotopic (exact) mass is 245 g/mol. The van der Waals surface area contributed by atoms with Gasteiger partial charge in [-0.2, -0.15) is 0 Å². The van der Waals surface area contributed by atoms with Gasteiger partial charge in [-0.25, -0.2) is 0 Å². The standard InChI is InChI=1S/C11H23N3OS/c1-10(9-15-3)12-11(16)14-6-4-5-13(2)7-8-14/h10H,4-9H2,1-3H3,(H,12,16). The number of hydrogen-bond donors (Lipinski definition) is 1. The molecule has 0 aromatic heterocycles. The Morgan fingerprint density at radius 2 is 2.12 bits per heavy atom. The highest BCUT2D eigenvalue weighted by molar-refractivity contribution is 7.80. The zero-order valence-corrected chi connectivity index (χ0v) is 11.3. The highest BCUT2D eigenvalue weighted by atomic mass is 32.1. The van der Waals surface area contributed by atoms with Crippen LogP contribution >= 0.6 is 12.2 Å². The zero-order chi connectivity index (χ0) is 12.0. The lowest BCUT2D eigenvalue weighted by Gasteiger charge is -2.26. The van der Waals surface area contributed by atoms with Crippen molar-refractivity contribution in [2.75, 3.05) is 46.9 Å². The van der Waals surface area contributed by atoms with Gasteiger partial charge in [-0.05, 0) is 39.2 Å². The molecule has 0 aliphatic carbocycles. The van der Waals surface area contributed by atoms with E-state index in [9.17, 15) is 0 Å². The Balaban J connectivity index is 2.35. The first-order chi connectivity index (χ1) is 7.63. The average Bonchev–Trinajstić information content (AvgIpc) is 2.43. The Morgan fingerprint density at radius 3 is 2.81 bits per heavy atom. The van der Waals surface area contributed by atoms with Crippen LogP contribution in [0, 0.1) is 0 Å². The van der Waals surface area contributed by atoms with Crippen molar-refractivity contribution in [3.63, 3.8) is 0 Å². The van der Waals surface area contributed by atoms with Crippen molar-refractivity contribution in [1.82, 2.24) is 15.1 Å². The minimum absolute atomic E-state index is 0.276. The second-order valence-corrected chi connectivity index (χ2v) is 4.84. The number of nitrogens with one attached hydrogen (secondary N) is 1. The highest BCUT2D eigenvalue weighted by Gasteiger charge is 2.15. The molecule has 1 unspecified atom stereocenters. The van der Waals surface area contributed by atoms with Crippen LogP contribution in [0.25, 0.3) is 0 Å². The molecule has 0 radical (unpaired) electrons. The molecule has 1 atom stereocenters. The van der Waals surface area contributed by atoms with E-state index < -0.39 is 0 Å². The summed E-state index contributed by atoms with van der Waals surface area (Å²) in [6.07, 6.45) is 1.18. The van der Waals surface area contributed by atoms with E-state index in [4.69, 9.17) is 17.0 Å². The summed E-state index contributed by atoms with van der Waals surface area (Å²) in [5, 5.41) is 4.17. The van der Waals surface area contributed by atoms with Crippen molar-refractivity contribution in [3.05, 3.63) is 0 Å². The first-order valence-corrected chi connectivity index (χ1v) is 6.27. The molecule has 0 aromatic rings. The van der Waals surface area contributed by atoms with Gasteiger partial charge in [-0.1, -0.05) is 0 Å². The van der Waals surface area contributed by atoms with Crippen LogP contribution in [0.1, 0.15) is 13.3 Å². The van der Waals surface area contributed by atoms with Gasteiger partial charge in [0.15, 0.2) is 5.11 Å². The smallest absolute Gasteiger partial charge is 0.169 e. The third kappa shape index (κ3) is 4.63. The summed E-state index contributed by atoms with van der Waals surface area (Å²) in [4.78, 5) is 4.60. The van der Waals surface area contributed by atoms with Gasteiger partial charge in [0.25, 0.3) is 0 Å². The minimum Gasteiger partial charge on any atom is -0.383 e. The number of rotatable bonds is 3. The van der Waals surface area contributed by atoms with E-state index in [0.717, 1.165) is 31.3 Å². The summed E-state index contributed by atoms with van der Waals surface area (Å²) < 4.78 is 5.08. The van der Waals surface area contributed by atoms with Crippen molar-refractivity contribution in [1.29, 1.82) is 0 Å². The maximum atomic E-state index is 5.40. The fourth-order valence-electron chi connectivity index (χ4n) is 1.84. The molecule has 0 amide bonds. The van der Waals surface area contributed by atoms with Gasteiger partial charge in [-0.15, -0.1) is 0 Å². The molecule has 1 saturated heterocycles. The van der Waals surface area contributed by atoms with E-state index in [2.05, 4.69) is 29.1 Å². The summed E-state index contributed by atoms with van der Waals surface area (Å²) in [5.41, 5.74) is 0. The van der Waals surface area contributed by atoms with Gasteiger partial charge in [0.1, 0.15) is 0 Å². The first kappa shape index (κ1) is 13.7. The van der Waals surface area contributed by atoms with Crippen molar-refractivity contribution < 1.29 is 4.74 Å². The van der Waals surface area contributed by atoms with Gasteiger partial charge in [-0.3, -0.25) is 0 Å². The lowest BCUT2D eigenvalue weighted by Crippen LogP contribution is -2.46. The molecular weight excluding hydrogens is 222 g/mol. The van der Waals surface area contributed by atoms with Crippen LogP contribution in [0.2, 0.25) is 0 Å². The molecule has 1 fully saturated rings.